The molecule has 82 valence electrons. The maximum Gasteiger partial charge on any atom is 0.151 e. The molecule has 16 heavy (non-hydrogen) atoms. The molecule has 0 aliphatic rings. The zero-order valence-electron chi connectivity index (χ0n) is 9.44. The van der Waals surface area contributed by atoms with Gasteiger partial charge in [-0.15, -0.1) is 0 Å². The Morgan fingerprint density at radius 2 is 2.12 bits per heavy atom. The van der Waals surface area contributed by atoms with Gasteiger partial charge in [-0.2, -0.15) is 0 Å². The summed E-state index contributed by atoms with van der Waals surface area (Å²) in [5.41, 5.74) is 2.76. The van der Waals surface area contributed by atoms with Gasteiger partial charge in [0.25, 0.3) is 0 Å². The van der Waals surface area contributed by atoms with E-state index in [2.05, 4.69) is 11.9 Å². The number of aryl methyl sites for hydroxylation is 1. The Morgan fingerprint density at radius 1 is 1.31 bits per heavy atom. The number of pyridine rings is 1. The van der Waals surface area contributed by atoms with Gasteiger partial charge in [0.2, 0.25) is 0 Å². The summed E-state index contributed by atoms with van der Waals surface area (Å²) in [4.78, 5) is 15.6. The molecule has 1 aromatic carbocycles. The highest BCUT2D eigenvalue weighted by Gasteiger charge is 2.06. The number of carbonyl (C=O) groups excluding carboxylic acids is 1. The molecule has 1 heterocycles. The number of fused-ring (bicyclic) bond motifs is 1. The van der Waals surface area contributed by atoms with Gasteiger partial charge in [0.15, 0.2) is 6.29 Å². The van der Waals surface area contributed by atoms with Crippen LogP contribution in [0.15, 0.2) is 30.5 Å². The van der Waals surface area contributed by atoms with Gasteiger partial charge in [-0.25, -0.2) is 0 Å². The van der Waals surface area contributed by atoms with E-state index in [-0.39, 0.29) is 0 Å². The van der Waals surface area contributed by atoms with E-state index in [1.54, 1.807) is 0 Å². The van der Waals surface area contributed by atoms with Gasteiger partial charge >= 0.3 is 0 Å². The number of hydrogen-bond acceptors (Lipinski definition) is 2. The molecule has 2 rings (SSSR count). The van der Waals surface area contributed by atoms with Crippen LogP contribution in [-0.4, -0.2) is 11.3 Å². The molecule has 0 saturated heterocycles. The van der Waals surface area contributed by atoms with Crippen molar-refractivity contribution in [2.75, 3.05) is 0 Å². The van der Waals surface area contributed by atoms with Crippen molar-refractivity contribution in [1.29, 1.82) is 0 Å². The highest BCUT2D eigenvalue weighted by atomic mass is 16.1. The van der Waals surface area contributed by atoms with E-state index >= 15 is 0 Å². The van der Waals surface area contributed by atoms with Gasteiger partial charge in [0, 0.05) is 17.1 Å². The Balaban J connectivity index is 2.54. The van der Waals surface area contributed by atoms with Gasteiger partial charge < -0.3 is 0 Å². The molecule has 0 bridgehead atoms. The molecular formula is C14H15NO. The van der Waals surface area contributed by atoms with Crippen molar-refractivity contribution >= 4 is 17.2 Å². The van der Waals surface area contributed by atoms with Gasteiger partial charge in [0.1, 0.15) is 0 Å². The van der Waals surface area contributed by atoms with Crippen LogP contribution in [0.4, 0.5) is 0 Å². The second kappa shape index (κ2) is 4.88. The fourth-order valence-corrected chi connectivity index (χ4v) is 1.91. The molecule has 2 nitrogen and oxygen atoms in total. The minimum atomic E-state index is 0.805. The lowest BCUT2D eigenvalue weighted by molar-refractivity contribution is 0.112. The average Bonchev–Trinajstić information content (AvgIpc) is 2.35. The van der Waals surface area contributed by atoms with Crippen molar-refractivity contribution in [3.63, 3.8) is 0 Å². The maximum absolute atomic E-state index is 11.2. The Bertz CT molecular complexity index is 505. The van der Waals surface area contributed by atoms with Crippen LogP contribution in [-0.2, 0) is 6.42 Å². The normalized spacial score (nSPS) is 10.6. The van der Waals surface area contributed by atoms with E-state index in [0.717, 1.165) is 47.6 Å². The van der Waals surface area contributed by atoms with Crippen molar-refractivity contribution in [3.05, 3.63) is 41.6 Å². The number of rotatable bonds is 4. The highest BCUT2D eigenvalue weighted by Crippen LogP contribution is 2.20. The third-order valence-electron chi connectivity index (χ3n) is 2.82. The van der Waals surface area contributed by atoms with Crippen molar-refractivity contribution < 1.29 is 4.79 Å². The van der Waals surface area contributed by atoms with Crippen molar-refractivity contribution in [1.82, 2.24) is 4.98 Å². The molecule has 2 heteroatoms. The molecule has 0 aliphatic carbocycles. The number of benzene rings is 1. The number of aromatic nitrogens is 1. The first-order valence-electron chi connectivity index (χ1n) is 5.68. The first-order chi connectivity index (χ1) is 7.86. The van der Waals surface area contributed by atoms with Gasteiger partial charge in [0.05, 0.1) is 5.52 Å². The van der Waals surface area contributed by atoms with Crippen LogP contribution in [0.5, 0.6) is 0 Å². The SMILES string of the molecule is CCCCc1cnc2ccccc2c1C=O. The van der Waals surface area contributed by atoms with Crippen LogP contribution < -0.4 is 0 Å². The van der Waals surface area contributed by atoms with E-state index < -0.39 is 0 Å². The molecule has 2 aromatic rings. The molecule has 0 unspecified atom stereocenters. The third kappa shape index (κ3) is 1.96. The molecular weight excluding hydrogens is 198 g/mol. The van der Waals surface area contributed by atoms with Crippen molar-refractivity contribution in [2.24, 2.45) is 0 Å². The second-order valence-corrected chi connectivity index (χ2v) is 3.94. The number of aldehydes is 1. The minimum Gasteiger partial charge on any atom is -0.298 e. The maximum atomic E-state index is 11.2. The first kappa shape index (κ1) is 10.8. The van der Waals surface area contributed by atoms with Crippen LogP contribution in [0, 0.1) is 0 Å². The van der Waals surface area contributed by atoms with Crippen molar-refractivity contribution in [3.8, 4) is 0 Å². The van der Waals surface area contributed by atoms with E-state index in [1.807, 2.05) is 30.5 Å². The summed E-state index contributed by atoms with van der Waals surface area (Å²) in [5.74, 6) is 0. The van der Waals surface area contributed by atoms with E-state index in [9.17, 15) is 4.79 Å². The topological polar surface area (TPSA) is 30.0 Å². The van der Waals surface area contributed by atoms with Gasteiger partial charge in [-0.05, 0) is 24.5 Å². The quantitative estimate of drug-likeness (QED) is 0.729. The summed E-state index contributed by atoms with van der Waals surface area (Å²) in [6.07, 6.45) is 5.95. The first-order valence-corrected chi connectivity index (χ1v) is 5.68. The predicted molar refractivity (Wildman–Crippen MR) is 65.7 cm³/mol. The summed E-state index contributed by atoms with van der Waals surface area (Å²) >= 11 is 0. The Hall–Kier alpha value is -1.70. The molecule has 0 N–H and O–H groups in total. The average molecular weight is 213 g/mol. The fourth-order valence-electron chi connectivity index (χ4n) is 1.91. The molecule has 1 aromatic heterocycles. The molecule has 0 atom stereocenters. The van der Waals surface area contributed by atoms with E-state index in [0.29, 0.717) is 0 Å². The summed E-state index contributed by atoms with van der Waals surface area (Å²) in [6, 6.07) is 7.78. The zero-order valence-corrected chi connectivity index (χ0v) is 9.44. The highest BCUT2D eigenvalue weighted by molar-refractivity contribution is 5.97. The zero-order chi connectivity index (χ0) is 11.4. The van der Waals surface area contributed by atoms with Crippen LogP contribution in [0.1, 0.15) is 35.7 Å². The molecule has 0 saturated carbocycles. The van der Waals surface area contributed by atoms with Crippen LogP contribution in [0.2, 0.25) is 0 Å². The standard InChI is InChI=1S/C14H15NO/c1-2-3-6-11-9-15-14-8-5-4-7-12(14)13(11)10-16/h4-5,7-10H,2-3,6H2,1H3. The smallest absolute Gasteiger partial charge is 0.151 e. The number of para-hydroxylation sites is 1. The predicted octanol–water partition coefficient (Wildman–Crippen LogP) is 3.39. The van der Waals surface area contributed by atoms with Crippen molar-refractivity contribution in [2.45, 2.75) is 26.2 Å². The number of hydrogen-bond donors (Lipinski definition) is 0. The lowest BCUT2D eigenvalue weighted by atomic mass is 10.0. The number of nitrogens with zero attached hydrogens (tertiary/aromatic N) is 1. The lowest BCUT2D eigenvalue weighted by Crippen LogP contribution is -1.96. The summed E-state index contributed by atoms with van der Waals surface area (Å²) in [7, 11) is 0. The Morgan fingerprint density at radius 3 is 2.88 bits per heavy atom. The minimum absolute atomic E-state index is 0.805. The molecule has 0 aliphatic heterocycles. The summed E-state index contributed by atoms with van der Waals surface area (Å²) < 4.78 is 0. The second-order valence-electron chi connectivity index (χ2n) is 3.94. The summed E-state index contributed by atoms with van der Waals surface area (Å²) in [5, 5.41) is 0.964. The molecule has 0 radical (unpaired) electrons. The van der Waals surface area contributed by atoms with E-state index in [4.69, 9.17) is 0 Å². The fraction of sp³-hybridized carbons (Fsp3) is 0.286. The Labute approximate surface area is 95.3 Å². The van der Waals surface area contributed by atoms with Gasteiger partial charge in [-0.1, -0.05) is 31.5 Å². The van der Waals surface area contributed by atoms with Crippen LogP contribution in [0.25, 0.3) is 10.9 Å². The van der Waals surface area contributed by atoms with E-state index in [1.165, 1.54) is 0 Å². The largest absolute Gasteiger partial charge is 0.298 e. The monoisotopic (exact) mass is 213 g/mol. The van der Waals surface area contributed by atoms with Crippen LogP contribution in [0.3, 0.4) is 0 Å². The number of carbonyl (C=O) groups is 1. The Kier molecular flexibility index (Phi) is 3.30. The molecule has 0 spiro atoms. The molecule has 0 fully saturated rings. The van der Waals surface area contributed by atoms with Crippen LogP contribution >= 0.6 is 0 Å². The lowest BCUT2D eigenvalue weighted by Gasteiger charge is -2.06. The number of unbranched alkanes of at least 4 members (excludes halogenated alkanes) is 1. The summed E-state index contributed by atoms with van der Waals surface area (Å²) in [6.45, 7) is 2.15. The molecule has 0 amide bonds. The third-order valence-corrected chi connectivity index (χ3v) is 2.82. The van der Waals surface area contributed by atoms with Gasteiger partial charge in [-0.3, -0.25) is 9.78 Å².